The number of thiazole rings is 1. The summed E-state index contributed by atoms with van der Waals surface area (Å²) in [4.78, 5) is 4.63. The molecule has 0 aliphatic carbocycles. The number of rotatable bonds is 6. The van der Waals surface area contributed by atoms with Crippen LogP contribution in [0.25, 0.3) is 0 Å². The monoisotopic (exact) mass is 226 g/mol. The van der Waals surface area contributed by atoms with Crippen LogP contribution in [0.3, 0.4) is 0 Å². The Balaban J connectivity index is 2.55. The summed E-state index contributed by atoms with van der Waals surface area (Å²) in [5.41, 5.74) is 7.01. The molecular formula is C12H22N2S. The molecule has 15 heavy (non-hydrogen) atoms. The van der Waals surface area contributed by atoms with Gasteiger partial charge in [0.25, 0.3) is 0 Å². The van der Waals surface area contributed by atoms with Crippen molar-refractivity contribution in [1.29, 1.82) is 0 Å². The number of hydrogen-bond acceptors (Lipinski definition) is 3. The molecule has 0 radical (unpaired) electrons. The second-order valence-electron chi connectivity index (χ2n) is 4.43. The summed E-state index contributed by atoms with van der Waals surface area (Å²) in [5, 5.41) is 3.44. The summed E-state index contributed by atoms with van der Waals surface area (Å²) in [6, 6.07) is 0. The van der Waals surface area contributed by atoms with Crippen LogP contribution in [0.5, 0.6) is 0 Å². The van der Waals surface area contributed by atoms with Crippen molar-refractivity contribution in [3.05, 3.63) is 16.1 Å². The van der Waals surface area contributed by atoms with Gasteiger partial charge in [-0.15, -0.1) is 11.3 Å². The fourth-order valence-corrected chi connectivity index (χ4v) is 2.55. The van der Waals surface area contributed by atoms with Gasteiger partial charge in [-0.05, 0) is 24.8 Å². The van der Waals surface area contributed by atoms with Gasteiger partial charge < -0.3 is 5.73 Å². The molecule has 0 bridgehead atoms. The topological polar surface area (TPSA) is 38.9 Å². The van der Waals surface area contributed by atoms with Gasteiger partial charge in [0.1, 0.15) is 0 Å². The van der Waals surface area contributed by atoms with Gasteiger partial charge in [-0.25, -0.2) is 4.98 Å². The first kappa shape index (κ1) is 12.7. The third-order valence-electron chi connectivity index (χ3n) is 2.79. The molecule has 0 fully saturated rings. The molecule has 1 atom stereocenters. The maximum atomic E-state index is 5.76. The van der Waals surface area contributed by atoms with E-state index in [1.807, 2.05) is 0 Å². The summed E-state index contributed by atoms with van der Waals surface area (Å²) >= 11 is 1.78. The molecule has 1 aromatic rings. The Morgan fingerprint density at radius 3 is 2.73 bits per heavy atom. The standard InChI is InChI=1S/C12H22N2S/c1-4-5-11-8-15-12(14-11)6-10(7-13)9(2)3/h8-10H,4-7,13H2,1-3H3. The van der Waals surface area contributed by atoms with E-state index >= 15 is 0 Å². The van der Waals surface area contributed by atoms with Gasteiger partial charge in [0.2, 0.25) is 0 Å². The Morgan fingerprint density at radius 1 is 1.47 bits per heavy atom. The van der Waals surface area contributed by atoms with E-state index in [0.29, 0.717) is 11.8 Å². The van der Waals surface area contributed by atoms with Crippen LogP contribution >= 0.6 is 11.3 Å². The summed E-state index contributed by atoms with van der Waals surface area (Å²) in [6.45, 7) is 7.42. The fraction of sp³-hybridized carbons (Fsp3) is 0.750. The second-order valence-corrected chi connectivity index (χ2v) is 5.37. The maximum absolute atomic E-state index is 5.76. The zero-order valence-corrected chi connectivity index (χ0v) is 10.8. The van der Waals surface area contributed by atoms with Crippen molar-refractivity contribution < 1.29 is 0 Å². The van der Waals surface area contributed by atoms with E-state index in [9.17, 15) is 0 Å². The van der Waals surface area contributed by atoms with Crippen molar-refractivity contribution in [1.82, 2.24) is 4.98 Å². The van der Waals surface area contributed by atoms with E-state index in [-0.39, 0.29) is 0 Å². The number of nitrogens with zero attached hydrogens (tertiary/aromatic N) is 1. The highest BCUT2D eigenvalue weighted by atomic mass is 32.1. The number of hydrogen-bond donors (Lipinski definition) is 1. The van der Waals surface area contributed by atoms with Gasteiger partial charge in [-0.3, -0.25) is 0 Å². The van der Waals surface area contributed by atoms with E-state index in [0.717, 1.165) is 19.4 Å². The highest BCUT2D eigenvalue weighted by Crippen LogP contribution is 2.19. The predicted molar refractivity (Wildman–Crippen MR) is 67.2 cm³/mol. The SMILES string of the molecule is CCCc1csc(CC(CN)C(C)C)n1. The highest BCUT2D eigenvalue weighted by molar-refractivity contribution is 7.09. The van der Waals surface area contributed by atoms with Crippen LogP contribution in [0, 0.1) is 11.8 Å². The molecule has 1 heterocycles. The average molecular weight is 226 g/mol. The van der Waals surface area contributed by atoms with Crippen LogP contribution in [-0.4, -0.2) is 11.5 Å². The Labute approximate surface area is 96.9 Å². The minimum absolute atomic E-state index is 0.575. The predicted octanol–water partition coefficient (Wildman–Crippen LogP) is 2.87. The first-order chi connectivity index (χ1) is 7.17. The molecule has 0 spiro atoms. The zero-order chi connectivity index (χ0) is 11.3. The molecule has 1 rings (SSSR count). The number of aryl methyl sites for hydroxylation is 1. The lowest BCUT2D eigenvalue weighted by Crippen LogP contribution is -2.22. The summed E-state index contributed by atoms with van der Waals surface area (Å²) in [5.74, 6) is 1.22. The van der Waals surface area contributed by atoms with E-state index in [2.05, 4.69) is 31.1 Å². The quantitative estimate of drug-likeness (QED) is 0.810. The lowest BCUT2D eigenvalue weighted by molar-refractivity contribution is 0.391. The molecule has 2 nitrogen and oxygen atoms in total. The Bertz CT molecular complexity index is 281. The summed E-state index contributed by atoms with van der Waals surface area (Å²) in [6.07, 6.45) is 3.32. The molecule has 0 aliphatic rings. The van der Waals surface area contributed by atoms with Crippen molar-refractivity contribution in [3.8, 4) is 0 Å². The molecule has 86 valence electrons. The largest absolute Gasteiger partial charge is 0.330 e. The number of nitrogens with two attached hydrogens (primary N) is 1. The van der Waals surface area contributed by atoms with Gasteiger partial charge >= 0.3 is 0 Å². The van der Waals surface area contributed by atoms with Crippen LogP contribution in [0.15, 0.2) is 5.38 Å². The zero-order valence-electron chi connectivity index (χ0n) is 9.99. The minimum Gasteiger partial charge on any atom is -0.330 e. The van der Waals surface area contributed by atoms with Crippen molar-refractivity contribution in [2.24, 2.45) is 17.6 Å². The molecular weight excluding hydrogens is 204 g/mol. The smallest absolute Gasteiger partial charge is 0.0931 e. The minimum atomic E-state index is 0.575. The molecule has 1 unspecified atom stereocenters. The van der Waals surface area contributed by atoms with Crippen LogP contribution in [0.4, 0.5) is 0 Å². The van der Waals surface area contributed by atoms with Gasteiger partial charge in [0.05, 0.1) is 10.7 Å². The van der Waals surface area contributed by atoms with E-state index in [4.69, 9.17) is 5.73 Å². The van der Waals surface area contributed by atoms with Gasteiger partial charge in [-0.1, -0.05) is 27.2 Å². The Morgan fingerprint density at radius 2 is 2.20 bits per heavy atom. The van der Waals surface area contributed by atoms with Crippen molar-refractivity contribution >= 4 is 11.3 Å². The molecule has 1 aromatic heterocycles. The first-order valence-corrected chi connectivity index (χ1v) is 6.68. The lowest BCUT2D eigenvalue weighted by atomic mass is 9.93. The van der Waals surface area contributed by atoms with Crippen molar-refractivity contribution in [2.75, 3.05) is 6.54 Å². The summed E-state index contributed by atoms with van der Waals surface area (Å²) in [7, 11) is 0. The van der Waals surface area contributed by atoms with E-state index < -0.39 is 0 Å². The molecule has 3 heteroatoms. The highest BCUT2D eigenvalue weighted by Gasteiger charge is 2.14. The Hall–Kier alpha value is -0.410. The second kappa shape index (κ2) is 6.23. The van der Waals surface area contributed by atoms with Crippen LogP contribution in [0.2, 0.25) is 0 Å². The molecule has 0 saturated heterocycles. The van der Waals surface area contributed by atoms with E-state index in [1.165, 1.54) is 17.1 Å². The van der Waals surface area contributed by atoms with Crippen molar-refractivity contribution in [3.63, 3.8) is 0 Å². The fourth-order valence-electron chi connectivity index (χ4n) is 1.63. The molecule has 0 aromatic carbocycles. The maximum Gasteiger partial charge on any atom is 0.0931 e. The van der Waals surface area contributed by atoms with Crippen LogP contribution in [0.1, 0.15) is 37.9 Å². The van der Waals surface area contributed by atoms with Gasteiger partial charge in [0.15, 0.2) is 0 Å². The normalized spacial score (nSPS) is 13.4. The molecule has 2 N–H and O–H groups in total. The first-order valence-electron chi connectivity index (χ1n) is 5.80. The van der Waals surface area contributed by atoms with Crippen LogP contribution < -0.4 is 5.73 Å². The average Bonchev–Trinajstić information content (AvgIpc) is 2.62. The lowest BCUT2D eigenvalue weighted by Gasteiger charge is -2.16. The molecule has 0 amide bonds. The third kappa shape index (κ3) is 3.92. The number of aromatic nitrogens is 1. The van der Waals surface area contributed by atoms with Gasteiger partial charge in [-0.2, -0.15) is 0 Å². The molecule has 0 saturated carbocycles. The van der Waals surface area contributed by atoms with Crippen LogP contribution in [-0.2, 0) is 12.8 Å². The third-order valence-corrected chi connectivity index (χ3v) is 3.71. The Kier molecular flexibility index (Phi) is 5.26. The van der Waals surface area contributed by atoms with Gasteiger partial charge in [0, 0.05) is 11.8 Å². The van der Waals surface area contributed by atoms with Crippen molar-refractivity contribution in [2.45, 2.75) is 40.0 Å². The molecule has 0 aliphatic heterocycles. The summed E-state index contributed by atoms with van der Waals surface area (Å²) < 4.78 is 0. The van der Waals surface area contributed by atoms with E-state index in [1.54, 1.807) is 11.3 Å².